The minimum absolute atomic E-state index is 0.582. The standard InChI is InChI=1S/C13H10Cl3N/c14-7-5-9(15)12-11(6-7)17-10-4-2-1-3-8(10)13(12)16/h5-6H,1-4H2. The third-order valence-electron chi connectivity index (χ3n) is 3.21. The van der Waals surface area contributed by atoms with Crippen molar-refractivity contribution in [3.05, 3.63) is 38.5 Å². The van der Waals surface area contributed by atoms with Gasteiger partial charge in [0.2, 0.25) is 0 Å². The van der Waals surface area contributed by atoms with Crippen LogP contribution in [0.3, 0.4) is 0 Å². The zero-order chi connectivity index (χ0) is 12.0. The minimum Gasteiger partial charge on any atom is -0.252 e. The van der Waals surface area contributed by atoms with Gasteiger partial charge in [-0.1, -0.05) is 34.8 Å². The van der Waals surface area contributed by atoms with Crippen LogP contribution in [0, 0.1) is 0 Å². The number of pyridine rings is 1. The number of hydrogen-bond donors (Lipinski definition) is 0. The molecule has 17 heavy (non-hydrogen) atoms. The number of rotatable bonds is 0. The van der Waals surface area contributed by atoms with Crippen LogP contribution in [0.25, 0.3) is 10.9 Å². The Morgan fingerprint density at radius 3 is 2.59 bits per heavy atom. The second-order valence-electron chi connectivity index (χ2n) is 4.34. The van der Waals surface area contributed by atoms with Gasteiger partial charge in [0, 0.05) is 16.1 Å². The summed E-state index contributed by atoms with van der Waals surface area (Å²) in [5, 5.41) is 2.77. The predicted octanol–water partition coefficient (Wildman–Crippen LogP) is 5.07. The van der Waals surface area contributed by atoms with E-state index in [4.69, 9.17) is 34.8 Å². The van der Waals surface area contributed by atoms with Crippen LogP contribution in [-0.4, -0.2) is 4.98 Å². The minimum atomic E-state index is 0.582. The van der Waals surface area contributed by atoms with Gasteiger partial charge in [0.1, 0.15) is 0 Å². The zero-order valence-corrected chi connectivity index (χ0v) is 11.3. The number of hydrogen-bond acceptors (Lipinski definition) is 1. The molecule has 2 aromatic rings. The van der Waals surface area contributed by atoms with E-state index < -0.39 is 0 Å². The summed E-state index contributed by atoms with van der Waals surface area (Å²) in [7, 11) is 0. The summed E-state index contributed by atoms with van der Waals surface area (Å²) in [4.78, 5) is 4.64. The summed E-state index contributed by atoms with van der Waals surface area (Å²) >= 11 is 18.6. The fourth-order valence-electron chi connectivity index (χ4n) is 2.41. The van der Waals surface area contributed by atoms with E-state index in [9.17, 15) is 0 Å². The third-order valence-corrected chi connectivity index (χ3v) is 4.15. The van der Waals surface area contributed by atoms with E-state index in [1.165, 1.54) is 12.8 Å². The van der Waals surface area contributed by atoms with Gasteiger partial charge in [0.15, 0.2) is 0 Å². The summed E-state index contributed by atoms with van der Waals surface area (Å²) in [6.45, 7) is 0. The quantitative estimate of drug-likeness (QED) is 0.658. The summed E-state index contributed by atoms with van der Waals surface area (Å²) < 4.78 is 0. The molecule has 88 valence electrons. The first-order valence-electron chi connectivity index (χ1n) is 5.63. The normalized spacial score (nSPS) is 15.0. The average molecular weight is 287 g/mol. The highest BCUT2D eigenvalue weighted by Gasteiger charge is 2.18. The van der Waals surface area contributed by atoms with Crippen molar-refractivity contribution in [2.75, 3.05) is 0 Å². The van der Waals surface area contributed by atoms with Crippen molar-refractivity contribution >= 4 is 45.7 Å². The van der Waals surface area contributed by atoms with Crippen molar-refractivity contribution in [1.29, 1.82) is 0 Å². The van der Waals surface area contributed by atoms with E-state index >= 15 is 0 Å². The topological polar surface area (TPSA) is 12.9 Å². The van der Waals surface area contributed by atoms with Gasteiger partial charge in [0.25, 0.3) is 0 Å². The van der Waals surface area contributed by atoms with Crippen molar-refractivity contribution < 1.29 is 0 Å². The lowest BCUT2D eigenvalue weighted by Gasteiger charge is -2.18. The van der Waals surface area contributed by atoms with Crippen LogP contribution < -0.4 is 0 Å². The van der Waals surface area contributed by atoms with Crippen LogP contribution in [0.15, 0.2) is 12.1 Å². The molecule has 4 heteroatoms. The van der Waals surface area contributed by atoms with Crippen molar-refractivity contribution in [3.63, 3.8) is 0 Å². The van der Waals surface area contributed by atoms with Gasteiger partial charge in [-0.2, -0.15) is 0 Å². The summed E-state index contributed by atoms with van der Waals surface area (Å²) in [6.07, 6.45) is 4.34. The highest BCUT2D eigenvalue weighted by molar-refractivity contribution is 6.43. The van der Waals surface area contributed by atoms with Gasteiger partial charge in [-0.15, -0.1) is 0 Å². The molecular formula is C13H10Cl3N. The van der Waals surface area contributed by atoms with E-state index in [2.05, 4.69) is 4.98 Å². The molecule has 1 nitrogen and oxygen atoms in total. The van der Waals surface area contributed by atoms with Gasteiger partial charge >= 0.3 is 0 Å². The molecule has 0 spiro atoms. The summed E-state index contributed by atoms with van der Waals surface area (Å²) in [5.41, 5.74) is 3.06. The molecule has 1 aliphatic carbocycles. The molecule has 0 atom stereocenters. The Balaban J connectivity index is 2.40. The van der Waals surface area contributed by atoms with Crippen molar-refractivity contribution in [1.82, 2.24) is 4.98 Å². The molecule has 1 aromatic heterocycles. The van der Waals surface area contributed by atoms with E-state index in [1.807, 2.05) is 6.07 Å². The molecule has 0 radical (unpaired) electrons. The maximum atomic E-state index is 6.45. The molecule has 0 unspecified atom stereocenters. The molecule has 1 heterocycles. The van der Waals surface area contributed by atoms with Crippen LogP contribution in [0.2, 0.25) is 15.1 Å². The monoisotopic (exact) mass is 285 g/mol. The fourth-order valence-corrected chi connectivity index (χ4v) is 3.44. The Kier molecular flexibility index (Phi) is 2.94. The van der Waals surface area contributed by atoms with E-state index in [-0.39, 0.29) is 0 Å². The molecule has 0 aliphatic heterocycles. The lowest BCUT2D eigenvalue weighted by atomic mass is 9.94. The number of nitrogens with zero attached hydrogens (tertiary/aromatic N) is 1. The van der Waals surface area contributed by atoms with Crippen LogP contribution in [0.5, 0.6) is 0 Å². The van der Waals surface area contributed by atoms with Gasteiger partial charge in [-0.05, 0) is 43.4 Å². The second kappa shape index (κ2) is 4.31. The SMILES string of the molecule is Clc1cc(Cl)c2c(Cl)c3c(nc2c1)CCCC3. The maximum Gasteiger partial charge on any atom is 0.0750 e. The molecule has 0 saturated carbocycles. The number of aromatic nitrogens is 1. The van der Waals surface area contributed by atoms with E-state index in [1.54, 1.807) is 6.07 Å². The molecule has 0 amide bonds. The largest absolute Gasteiger partial charge is 0.252 e. The number of benzene rings is 1. The van der Waals surface area contributed by atoms with Gasteiger partial charge < -0.3 is 0 Å². The Morgan fingerprint density at radius 1 is 1.00 bits per heavy atom. The number of fused-ring (bicyclic) bond motifs is 2. The molecule has 1 aliphatic rings. The third kappa shape index (κ3) is 1.91. The first kappa shape index (κ1) is 11.6. The first-order valence-corrected chi connectivity index (χ1v) is 6.76. The Morgan fingerprint density at radius 2 is 1.76 bits per heavy atom. The van der Waals surface area contributed by atoms with Gasteiger partial charge in [0.05, 0.1) is 15.6 Å². The lowest BCUT2D eigenvalue weighted by Crippen LogP contribution is -2.06. The van der Waals surface area contributed by atoms with Gasteiger partial charge in [-0.25, -0.2) is 0 Å². The van der Waals surface area contributed by atoms with Crippen LogP contribution in [0.1, 0.15) is 24.1 Å². The molecule has 0 bridgehead atoms. The van der Waals surface area contributed by atoms with E-state index in [0.717, 1.165) is 40.0 Å². The van der Waals surface area contributed by atoms with E-state index in [0.29, 0.717) is 10.0 Å². The molecule has 3 rings (SSSR count). The lowest BCUT2D eigenvalue weighted by molar-refractivity contribution is 0.671. The molecule has 0 fully saturated rings. The van der Waals surface area contributed by atoms with Crippen molar-refractivity contribution in [2.24, 2.45) is 0 Å². The number of halogens is 3. The molecule has 1 aromatic carbocycles. The van der Waals surface area contributed by atoms with Gasteiger partial charge in [-0.3, -0.25) is 4.98 Å². The molecule has 0 saturated heterocycles. The Labute approximate surface area is 115 Å². The molecule has 0 N–H and O–H groups in total. The maximum absolute atomic E-state index is 6.45. The first-order chi connectivity index (χ1) is 8.16. The van der Waals surface area contributed by atoms with Crippen molar-refractivity contribution in [3.8, 4) is 0 Å². The highest BCUT2D eigenvalue weighted by Crippen LogP contribution is 2.37. The smallest absolute Gasteiger partial charge is 0.0750 e. The average Bonchev–Trinajstić information content (AvgIpc) is 2.28. The van der Waals surface area contributed by atoms with Crippen LogP contribution >= 0.6 is 34.8 Å². The summed E-state index contributed by atoms with van der Waals surface area (Å²) in [6, 6.07) is 3.54. The Bertz CT molecular complexity index is 607. The second-order valence-corrected chi connectivity index (χ2v) is 5.56. The summed E-state index contributed by atoms with van der Waals surface area (Å²) in [5.74, 6) is 0. The van der Waals surface area contributed by atoms with Crippen molar-refractivity contribution in [2.45, 2.75) is 25.7 Å². The van der Waals surface area contributed by atoms with Crippen LogP contribution in [0.4, 0.5) is 0 Å². The highest BCUT2D eigenvalue weighted by atomic mass is 35.5. The fraction of sp³-hybridized carbons (Fsp3) is 0.308. The molecular weight excluding hydrogens is 277 g/mol. The zero-order valence-electron chi connectivity index (χ0n) is 9.06. The van der Waals surface area contributed by atoms with Crippen LogP contribution in [-0.2, 0) is 12.8 Å². The Hall–Kier alpha value is -0.500. The predicted molar refractivity (Wildman–Crippen MR) is 73.4 cm³/mol. The number of aryl methyl sites for hydroxylation is 1.